The molecule has 1 N–H and O–H groups in total. The van der Waals surface area contributed by atoms with E-state index in [1.54, 1.807) is 38.0 Å². The highest BCUT2D eigenvalue weighted by molar-refractivity contribution is 5.93. The largest absolute Gasteiger partial charge is 0.386 e. The average molecular weight is 354 g/mol. The molecule has 1 saturated carbocycles. The normalized spacial score (nSPS) is 22.5. The summed E-state index contributed by atoms with van der Waals surface area (Å²) in [6.45, 7) is 1.34. The van der Waals surface area contributed by atoms with Gasteiger partial charge in [-0.3, -0.25) is 9.78 Å². The van der Waals surface area contributed by atoms with Crippen LogP contribution in [0, 0.1) is 0 Å². The smallest absolute Gasteiger partial charge is 0.256 e. The average Bonchev–Trinajstić information content (AvgIpc) is 3.44. The van der Waals surface area contributed by atoms with Crippen LogP contribution in [-0.4, -0.2) is 68.1 Å². The summed E-state index contributed by atoms with van der Waals surface area (Å²) in [4.78, 5) is 33.1. The monoisotopic (exact) mass is 354 g/mol. The van der Waals surface area contributed by atoms with E-state index in [0.29, 0.717) is 31.0 Å². The molecule has 0 aromatic carbocycles. The summed E-state index contributed by atoms with van der Waals surface area (Å²) in [5.41, 5.74) is -0.527. The van der Waals surface area contributed by atoms with E-state index < -0.39 is 5.60 Å². The van der Waals surface area contributed by atoms with Crippen LogP contribution in [-0.2, 0) is 0 Å². The van der Waals surface area contributed by atoms with Crippen LogP contribution in [0.2, 0.25) is 0 Å². The highest BCUT2D eigenvalue weighted by Gasteiger charge is 2.38. The molecule has 0 bridgehead atoms. The zero-order chi connectivity index (χ0) is 18.1. The summed E-state index contributed by atoms with van der Waals surface area (Å²) >= 11 is 0. The number of nitrogens with zero attached hydrogens (tertiary/aromatic N) is 6. The molecule has 2 aromatic heterocycles. The number of hydrogen-bond acceptors (Lipinski definition) is 7. The van der Waals surface area contributed by atoms with Gasteiger partial charge >= 0.3 is 0 Å². The predicted octanol–water partition coefficient (Wildman–Crippen LogP) is 0.857. The van der Waals surface area contributed by atoms with Gasteiger partial charge in [0.15, 0.2) is 0 Å². The molecule has 1 unspecified atom stereocenters. The second-order valence-corrected chi connectivity index (χ2v) is 7.22. The molecule has 0 spiro atoms. The van der Waals surface area contributed by atoms with Crippen LogP contribution in [0.5, 0.6) is 0 Å². The lowest BCUT2D eigenvalue weighted by Crippen LogP contribution is -2.46. The van der Waals surface area contributed by atoms with Crippen LogP contribution in [0.15, 0.2) is 31.0 Å². The topological polar surface area (TPSA) is 95.3 Å². The van der Waals surface area contributed by atoms with Crippen molar-refractivity contribution in [3.8, 4) is 0 Å². The van der Waals surface area contributed by atoms with Crippen molar-refractivity contribution in [2.45, 2.75) is 30.8 Å². The van der Waals surface area contributed by atoms with Crippen molar-refractivity contribution in [1.82, 2.24) is 24.8 Å². The second kappa shape index (κ2) is 6.60. The Kier molecular flexibility index (Phi) is 4.28. The molecule has 1 aliphatic carbocycles. The molecule has 1 atom stereocenters. The molecule has 26 heavy (non-hydrogen) atoms. The molecule has 2 fully saturated rings. The third-order valence-electron chi connectivity index (χ3n) is 4.95. The number of amides is 1. The molecule has 8 heteroatoms. The van der Waals surface area contributed by atoms with Gasteiger partial charge in [-0.05, 0) is 19.3 Å². The predicted molar refractivity (Wildman–Crippen MR) is 94.8 cm³/mol. The quantitative estimate of drug-likeness (QED) is 0.851. The summed E-state index contributed by atoms with van der Waals surface area (Å²) in [5, 5.41) is 10.9. The van der Waals surface area contributed by atoms with Gasteiger partial charge in [0.2, 0.25) is 0 Å². The molecule has 3 heterocycles. The van der Waals surface area contributed by atoms with Gasteiger partial charge < -0.3 is 14.9 Å². The lowest BCUT2D eigenvalue weighted by atomic mass is 10.0. The lowest BCUT2D eigenvalue weighted by molar-refractivity contribution is 0.0264. The van der Waals surface area contributed by atoms with E-state index in [4.69, 9.17) is 0 Å². The summed E-state index contributed by atoms with van der Waals surface area (Å²) in [6.07, 6.45) is 10.9. The number of β-amino-alcohol motifs (C(OH)–C–C–N with tert-alkyl or cyclic N) is 1. The zero-order valence-corrected chi connectivity index (χ0v) is 14.7. The van der Waals surface area contributed by atoms with E-state index >= 15 is 0 Å². The fourth-order valence-corrected chi connectivity index (χ4v) is 3.37. The van der Waals surface area contributed by atoms with Crippen molar-refractivity contribution in [1.29, 1.82) is 0 Å². The molecule has 2 aromatic rings. The Bertz CT molecular complexity index is 780. The minimum Gasteiger partial charge on any atom is -0.386 e. The molecular formula is C18H22N6O2. The minimum absolute atomic E-state index is 0.182. The van der Waals surface area contributed by atoms with E-state index in [1.165, 1.54) is 4.90 Å². The molecule has 4 rings (SSSR count). The molecular weight excluding hydrogens is 332 g/mol. The fourth-order valence-electron chi connectivity index (χ4n) is 3.37. The standard InChI is InChI=1S/C18H22N6O2/c1-23(17(25)14-8-21-16(22-9-14)13-2-3-13)11-18(26)4-7-24(12-18)15-10-19-5-6-20-15/h5-6,8-10,13,26H,2-4,7,11-12H2,1H3. The van der Waals surface area contributed by atoms with Gasteiger partial charge in [0.1, 0.15) is 17.2 Å². The molecule has 1 aliphatic heterocycles. The van der Waals surface area contributed by atoms with Crippen molar-refractivity contribution in [3.63, 3.8) is 0 Å². The zero-order valence-electron chi connectivity index (χ0n) is 14.7. The minimum atomic E-state index is -0.975. The lowest BCUT2D eigenvalue weighted by Gasteiger charge is -2.29. The molecule has 136 valence electrons. The number of anilines is 1. The van der Waals surface area contributed by atoms with Crippen LogP contribution in [0.3, 0.4) is 0 Å². The Balaban J connectivity index is 1.39. The number of aromatic nitrogens is 4. The number of likely N-dealkylation sites (N-methyl/N-ethyl adjacent to an activating group) is 1. The maximum Gasteiger partial charge on any atom is 0.256 e. The van der Waals surface area contributed by atoms with Crippen molar-refractivity contribution >= 4 is 11.7 Å². The Morgan fingerprint density at radius 1 is 1.27 bits per heavy atom. The van der Waals surface area contributed by atoms with Crippen LogP contribution >= 0.6 is 0 Å². The van der Waals surface area contributed by atoms with Gasteiger partial charge in [-0.1, -0.05) is 0 Å². The third kappa shape index (κ3) is 3.50. The number of hydrogen-bond donors (Lipinski definition) is 1. The first kappa shape index (κ1) is 16.8. The van der Waals surface area contributed by atoms with Gasteiger partial charge in [0.05, 0.1) is 18.3 Å². The first-order valence-corrected chi connectivity index (χ1v) is 8.85. The van der Waals surface area contributed by atoms with Crippen molar-refractivity contribution < 1.29 is 9.90 Å². The van der Waals surface area contributed by atoms with E-state index in [2.05, 4.69) is 19.9 Å². The maximum atomic E-state index is 12.6. The number of carbonyl (C=O) groups is 1. The van der Waals surface area contributed by atoms with Crippen LogP contribution in [0.25, 0.3) is 0 Å². The Hall–Kier alpha value is -2.61. The van der Waals surface area contributed by atoms with Crippen LogP contribution < -0.4 is 4.90 Å². The highest BCUT2D eigenvalue weighted by atomic mass is 16.3. The Morgan fingerprint density at radius 3 is 2.69 bits per heavy atom. The Morgan fingerprint density at radius 2 is 2.04 bits per heavy atom. The number of carbonyl (C=O) groups excluding carboxylic acids is 1. The summed E-state index contributed by atoms with van der Waals surface area (Å²) in [7, 11) is 1.69. The van der Waals surface area contributed by atoms with Gasteiger partial charge in [0.25, 0.3) is 5.91 Å². The maximum absolute atomic E-state index is 12.6. The van der Waals surface area contributed by atoms with Crippen molar-refractivity contribution in [2.75, 3.05) is 31.6 Å². The van der Waals surface area contributed by atoms with Gasteiger partial charge in [0, 0.05) is 50.8 Å². The summed E-state index contributed by atoms with van der Waals surface area (Å²) in [6, 6.07) is 0. The highest BCUT2D eigenvalue weighted by Crippen LogP contribution is 2.37. The number of aliphatic hydroxyl groups is 1. The first-order chi connectivity index (χ1) is 12.5. The van der Waals surface area contributed by atoms with Crippen LogP contribution in [0.4, 0.5) is 5.82 Å². The molecule has 0 radical (unpaired) electrons. The first-order valence-electron chi connectivity index (χ1n) is 8.85. The number of rotatable bonds is 5. The fraction of sp³-hybridized carbons (Fsp3) is 0.500. The van der Waals surface area contributed by atoms with E-state index in [9.17, 15) is 9.90 Å². The van der Waals surface area contributed by atoms with E-state index in [1.807, 2.05) is 4.90 Å². The molecule has 1 amide bonds. The molecule has 2 aliphatic rings. The van der Waals surface area contributed by atoms with E-state index in [-0.39, 0.29) is 12.5 Å². The third-order valence-corrected chi connectivity index (χ3v) is 4.95. The van der Waals surface area contributed by atoms with Gasteiger partial charge in [-0.15, -0.1) is 0 Å². The van der Waals surface area contributed by atoms with Gasteiger partial charge in [-0.25, -0.2) is 15.0 Å². The van der Waals surface area contributed by atoms with Gasteiger partial charge in [-0.2, -0.15) is 0 Å². The molecule has 8 nitrogen and oxygen atoms in total. The van der Waals surface area contributed by atoms with Crippen molar-refractivity contribution in [3.05, 3.63) is 42.4 Å². The molecule has 1 saturated heterocycles. The van der Waals surface area contributed by atoms with Crippen molar-refractivity contribution in [2.24, 2.45) is 0 Å². The summed E-state index contributed by atoms with van der Waals surface area (Å²) < 4.78 is 0. The second-order valence-electron chi connectivity index (χ2n) is 7.22. The van der Waals surface area contributed by atoms with E-state index in [0.717, 1.165) is 24.5 Å². The van der Waals surface area contributed by atoms with Crippen LogP contribution in [0.1, 0.15) is 41.4 Å². The SMILES string of the molecule is CN(CC1(O)CCN(c2cnccn2)C1)C(=O)c1cnc(C2CC2)nc1. The Labute approximate surface area is 151 Å². The summed E-state index contributed by atoms with van der Waals surface area (Å²) in [5.74, 6) is 1.83.